The smallest absolute Gasteiger partial charge is 0.227 e. The van der Waals surface area contributed by atoms with E-state index in [1.807, 2.05) is 0 Å². The van der Waals surface area contributed by atoms with E-state index in [0.717, 1.165) is 64.1 Å². The van der Waals surface area contributed by atoms with E-state index in [4.69, 9.17) is 5.73 Å². The summed E-state index contributed by atoms with van der Waals surface area (Å²) in [5, 5.41) is 0. The Bertz CT molecular complexity index is 398. The zero-order valence-corrected chi connectivity index (χ0v) is 14.9. The molecule has 5 heteroatoms. The molecule has 23 heavy (non-hydrogen) atoms. The van der Waals surface area contributed by atoms with Gasteiger partial charge < -0.3 is 10.6 Å². The highest BCUT2D eigenvalue weighted by atomic mass is 16.2. The van der Waals surface area contributed by atoms with Crippen LogP contribution in [0.5, 0.6) is 0 Å². The van der Waals surface area contributed by atoms with Crippen molar-refractivity contribution in [2.75, 3.05) is 39.3 Å². The van der Waals surface area contributed by atoms with Crippen LogP contribution in [0.1, 0.15) is 46.0 Å². The van der Waals surface area contributed by atoms with Crippen molar-refractivity contribution < 1.29 is 4.79 Å². The molecule has 0 radical (unpaired) electrons. The van der Waals surface area contributed by atoms with Gasteiger partial charge in [-0.15, -0.1) is 0 Å². The van der Waals surface area contributed by atoms with Crippen molar-refractivity contribution in [1.29, 1.82) is 0 Å². The summed E-state index contributed by atoms with van der Waals surface area (Å²) in [4.78, 5) is 19.8. The van der Waals surface area contributed by atoms with Crippen molar-refractivity contribution in [3.63, 3.8) is 0 Å². The minimum atomic E-state index is 0.0906. The third-order valence-corrected chi connectivity index (χ3v) is 6.38. The Hall–Kier alpha value is -0.650. The lowest BCUT2D eigenvalue weighted by atomic mass is 10.0. The molecule has 2 aliphatic heterocycles. The maximum absolute atomic E-state index is 12.6. The number of amides is 1. The van der Waals surface area contributed by atoms with Crippen LogP contribution in [-0.4, -0.2) is 78.0 Å². The van der Waals surface area contributed by atoms with Crippen LogP contribution in [0.25, 0.3) is 0 Å². The number of nitrogens with two attached hydrogens (primary N) is 1. The zero-order valence-electron chi connectivity index (χ0n) is 14.9. The summed E-state index contributed by atoms with van der Waals surface area (Å²) in [7, 11) is 0. The third-order valence-electron chi connectivity index (χ3n) is 6.38. The number of hydrogen-bond acceptors (Lipinski definition) is 4. The van der Waals surface area contributed by atoms with Gasteiger partial charge in [0.05, 0.1) is 5.92 Å². The van der Waals surface area contributed by atoms with Crippen LogP contribution in [0.2, 0.25) is 0 Å². The minimum absolute atomic E-state index is 0.0906. The zero-order chi connectivity index (χ0) is 16.4. The molecule has 0 aromatic rings. The molecule has 0 unspecified atom stereocenters. The first-order valence-electron chi connectivity index (χ1n) is 9.58. The molecule has 4 atom stereocenters. The maximum atomic E-state index is 12.6. The number of hydrogen-bond donors (Lipinski definition) is 1. The van der Waals surface area contributed by atoms with E-state index in [1.54, 1.807) is 0 Å². The molecule has 1 amide bonds. The third kappa shape index (κ3) is 3.89. The molecule has 0 aromatic carbocycles. The highest BCUT2D eigenvalue weighted by Crippen LogP contribution is 2.26. The van der Waals surface area contributed by atoms with E-state index in [2.05, 4.69) is 28.5 Å². The predicted molar refractivity (Wildman–Crippen MR) is 93.2 cm³/mol. The summed E-state index contributed by atoms with van der Waals surface area (Å²) >= 11 is 0. The van der Waals surface area contributed by atoms with Crippen LogP contribution in [0.3, 0.4) is 0 Å². The Kier molecular flexibility index (Phi) is 5.60. The lowest BCUT2D eigenvalue weighted by Gasteiger charge is -2.37. The van der Waals surface area contributed by atoms with Gasteiger partial charge in [0, 0.05) is 57.4 Å². The lowest BCUT2D eigenvalue weighted by Crippen LogP contribution is -2.53. The van der Waals surface area contributed by atoms with Crippen LogP contribution in [0, 0.1) is 5.92 Å². The Morgan fingerprint density at radius 2 is 1.61 bits per heavy atom. The molecule has 3 rings (SSSR count). The Morgan fingerprint density at radius 1 is 0.957 bits per heavy atom. The summed E-state index contributed by atoms with van der Waals surface area (Å²) in [6.07, 6.45) is 5.80. The molecule has 2 saturated heterocycles. The summed E-state index contributed by atoms with van der Waals surface area (Å²) < 4.78 is 0. The van der Waals surface area contributed by atoms with Gasteiger partial charge >= 0.3 is 0 Å². The molecule has 0 spiro atoms. The molecule has 5 nitrogen and oxygen atoms in total. The topological polar surface area (TPSA) is 52.8 Å². The van der Waals surface area contributed by atoms with Gasteiger partial charge in [-0.1, -0.05) is 6.42 Å². The quantitative estimate of drug-likeness (QED) is 0.843. The second kappa shape index (κ2) is 7.49. The first-order valence-corrected chi connectivity index (χ1v) is 9.58. The second-order valence-corrected chi connectivity index (χ2v) is 7.88. The molecular weight excluding hydrogens is 288 g/mol. The van der Waals surface area contributed by atoms with Crippen LogP contribution in [-0.2, 0) is 4.79 Å². The van der Waals surface area contributed by atoms with E-state index in [1.165, 1.54) is 19.4 Å². The second-order valence-electron chi connectivity index (χ2n) is 7.88. The SMILES string of the molecule is C[C@@H]1CC[C@H](C)N1CCN1CCN(C(=O)[C@@H]2CCC[C@@H]2N)CC1. The first kappa shape index (κ1) is 17.2. The number of carbonyl (C=O) groups is 1. The molecule has 1 saturated carbocycles. The van der Waals surface area contributed by atoms with Gasteiger partial charge in [-0.05, 0) is 39.5 Å². The van der Waals surface area contributed by atoms with Crippen molar-refractivity contribution in [3.05, 3.63) is 0 Å². The normalized spacial score (nSPS) is 36.7. The van der Waals surface area contributed by atoms with Gasteiger partial charge in [0.2, 0.25) is 5.91 Å². The van der Waals surface area contributed by atoms with E-state index in [-0.39, 0.29) is 12.0 Å². The number of nitrogens with zero attached hydrogens (tertiary/aromatic N) is 3. The number of rotatable bonds is 4. The Balaban J connectivity index is 1.41. The first-order chi connectivity index (χ1) is 11.1. The molecule has 0 aromatic heterocycles. The van der Waals surface area contributed by atoms with E-state index >= 15 is 0 Å². The van der Waals surface area contributed by atoms with Crippen LogP contribution in [0.15, 0.2) is 0 Å². The molecule has 132 valence electrons. The Morgan fingerprint density at radius 3 is 2.17 bits per heavy atom. The van der Waals surface area contributed by atoms with Crippen LogP contribution < -0.4 is 5.73 Å². The molecular formula is C18H34N4O. The highest BCUT2D eigenvalue weighted by Gasteiger charge is 2.34. The summed E-state index contributed by atoms with van der Waals surface area (Å²) in [6, 6.07) is 1.56. The van der Waals surface area contributed by atoms with Gasteiger partial charge in [-0.2, -0.15) is 0 Å². The van der Waals surface area contributed by atoms with E-state index in [0.29, 0.717) is 5.91 Å². The van der Waals surface area contributed by atoms with E-state index in [9.17, 15) is 4.79 Å². The minimum Gasteiger partial charge on any atom is -0.340 e. The molecule has 3 aliphatic rings. The fourth-order valence-corrected chi connectivity index (χ4v) is 4.67. The van der Waals surface area contributed by atoms with Crippen molar-refractivity contribution in [2.45, 2.75) is 64.1 Å². The number of piperazine rings is 1. The predicted octanol–water partition coefficient (Wildman–Crippen LogP) is 1.13. The largest absolute Gasteiger partial charge is 0.340 e. The van der Waals surface area contributed by atoms with Gasteiger partial charge in [0.15, 0.2) is 0 Å². The average molecular weight is 322 g/mol. The maximum Gasteiger partial charge on any atom is 0.227 e. The fourth-order valence-electron chi connectivity index (χ4n) is 4.67. The molecule has 3 fully saturated rings. The molecule has 0 bridgehead atoms. The summed E-state index contributed by atoms with van der Waals surface area (Å²) in [6.45, 7) is 10.8. The van der Waals surface area contributed by atoms with E-state index < -0.39 is 0 Å². The van der Waals surface area contributed by atoms with Crippen molar-refractivity contribution in [3.8, 4) is 0 Å². The number of carbonyl (C=O) groups excluding carboxylic acids is 1. The van der Waals surface area contributed by atoms with Gasteiger partial charge in [0.25, 0.3) is 0 Å². The van der Waals surface area contributed by atoms with Crippen LogP contribution >= 0.6 is 0 Å². The number of likely N-dealkylation sites (tertiary alicyclic amines) is 1. The van der Waals surface area contributed by atoms with Crippen molar-refractivity contribution in [2.24, 2.45) is 11.7 Å². The summed E-state index contributed by atoms with van der Waals surface area (Å²) in [5.41, 5.74) is 6.09. The molecule has 2 N–H and O–H groups in total. The lowest BCUT2D eigenvalue weighted by molar-refractivity contribution is -0.137. The van der Waals surface area contributed by atoms with Gasteiger partial charge in [0.1, 0.15) is 0 Å². The van der Waals surface area contributed by atoms with Gasteiger partial charge in [-0.25, -0.2) is 0 Å². The van der Waals surface area contributed by atoms with Crippen molar-refractivity contribution >= 4 is 5.91 Å². The molecule has 1 aliphatic carbocycles. The fraction of sp³-hybridized carbons (Fsp3) is 0.944. The Labute approximate surface area is 141 Å². The van der Waals surface area contributed by atoms with Crippen molar-refractivity contribution in [1.82, 2.24) is 14.7 Å². The molecule has 2 heterocycles. The van der Waals surface area contributed by atoms with Crippen LogP contribution in [0.4, 0.5) is 0 Å². The summed E-state index contributed by atoms with van der Waals surface area (Å²) in [5.74, 6) is 0.407. The standard InChI is InChI=1S/C18H34N4O/c1-14-6-7-15(2)22(14)13-10-20-8-11-21(12-9-20)18(23)16-4-3-5-17(16)19/h14-17H,3-13,19H2,1-2H3/t14-,15+,16-,17+/m1/s1. The average Bonchev–Trinajstić information content (AvgIpc) is 3.11. The van der Waals surface area contributed by atoms with Gasteiger partial charge in [-0.3, -0.25) is 14.6 Å². The monoisotopic (exact) mass is 322 g/mol. The highest BCUT2D eigenvalue weighted by molar-refractivity contribution is 5.80.